The van der Waals surface area contributed by atoms with Gasteiger partial charge in [0.1, 0.15) is 10.8 Å². The third kappa shape index (κ3) is 5.23. The Bertz CT molecular complexity index is 1000. The smallest absolute Gasteiger partial charge is 0.243 e. The average molecular weight is 397 g/mol. The molecule has 2 aromatic carbocycles. The van der Waals surface area contributed by atoms with Gasteiger partial charge in [-0.3, -0.25) is 9.59 Å². The summed E-state index contributed by atoms with van der Waals surface area (Å²) < 4.78 is 13.2. The van der Waals surface area contributed by atoms with Crippen molar-refractivity contribution in [1.82, 2.24) is 9.88 Å². The van der Waals surface area contributed by atoms with Crippen LogP contribution in [-0.2, 0) is 16.0 Å². The Labute approximate surface area is 166 Å². The van der Waals surface area contributed by atoms with Crippen LogP contribution in [-0.4, -0.2) is 35.3 Å². The first-order valence-corrected chi connectivity index (χ1v) is 9.59. The monoisotopic (exact) mass is 397 g/mol. The summed E-state index contributed by atoms with van der Waals surface area (Å²) in [6.07, 6.45) is 0.117. The van der Waals surface area contributed by atoms with Gasteiger partial charge in [0, 0.05) is 23.7 Å². The summed E-state index contributed by atoms with van der Waals surface area (Å²) in [6, 6.07) is 13.6. The van der Waals surface area contributed by atoms with E-state index in [9.17, 15) is 14.0 Å². The molecular weight excluding hydrogens is 377 g/mol. The second-order valence-corrected chi connectivity index (χ2v) is 7.36. The van der Waals surface area contributed by atoms with Crippen molar-refractivity contribution in [2.45, 2.75) is 13.3 Å². The predicted octanol–water partition coefficient (Wildman–Crippen LogP) is 3.90. The molecule has 2 amide bonds. The molecule has 0 saturated carbocycles. The largest absolute Gasteiger partial charge is 0.336 e. The number of thiazole rings is 1. The minimum absolute atomic E-state index is 0.117. The van der Waals surface area contributed by atoms with E-state index < -0.39 is 5.82 Å². The molecular formula is C21H20FN3O2S. The zero-order chi connectivity index (χ0) is 20.1. The van der Waals surface area contributed by atoms with E-state index >= 15 is 0 Å². The van der Waals surface area contributed by atoms with Gasteiger partial charge >= 0.3 is 0 Å². The first-order chi connectivity index (χ1) is 13.4. The van der Waals surface area contributed by atoms with Crippen molar-refractivity contribution >= 4 is 28.8 Å². The van der Waals surface area contributed by atoms with E-state index in [2.05, 4.69) is 10.3 Å². The van der Waals surface area contributed by atoms with Gasteiger partial charge in [-0.05, 0) is 31.2 Å². The van der Waals surface area contributed by atoms with Crippen LogP contribution in [0.25, 0.3) is 10.6 Å². The van der Waals surface area contributed by atoms with Crippen LogP contribution in [0.15, 0.2) is 53.9 Å². The van der Waals surface area contributed by atoms with Crippen LogP contribution in [0.2, 0.25) is 0 Å². The highest BCUT2D eigenvalue weighted by Crippen LogP contribution is 2.24. The number of hydrogen-bond acceptors (Lipinski definition) is 4. The quantitative estimate of drug-likeness (QED) is 0.686. The molecule has 0 aliphatic heterocycles. The van der Waals surface area contributed by atoms with Crippen LogP contribution < -0.4 is 5.32 Å². The lowest BCUT2D eigenvalue weighted by molar-refractivity contribution is -0.132. The van der Waals surface area contributed by atoms with Gasteiger partial charge in [-0.25, -0.2) is 9.37 Å². The third-order valence-electron chi connectivity index (χ3n) is 4.06. The number of aromatic nitrogens is 1. The first-order valence-electron chi connectivity index (χ1n) is 8.71. The predicted molar refractivity (Wildman–Crippen MR) is 109 cm³/mol. The number of amides is 2. The molecule has 1 heterocycles. The molecule has 0 bridgehead atoms. The van der Waals surface area contributed by atoms with Crippen molar-refractivity contribution in [3.63, 3.8) is 0 Å². The number of hydrogen-bond donors (Lipinski definition) is 1. The molecule has 0 spiro atoms. The van der Waals surface area contributed by atoms with Crippen LogP contribution in [0.4, 0.5) is 10.1 Å². The van der Waals surface area contributed by atoms with Crippen LogP contribution in [0.5, 0.6) is 0 Å². The highest BCUT2D eigenvalue weighted by Gasteiger charge is 2.16. The van der Waals surface area contributed by atoms with Crippen LogP contribution in [0.3, 0.4) is 0 Å². The Hall–Kier alpha value is -3.06. The summed E-state index contributed by atoms with van der Waals surface area (Å²) in [5.74, 6) is -1.04. The number of aryl methyl sites for hydroxylation is 1. The summed E-state index contributed by atoms with van der Waals surface area (Å²) in [6.45, 7) is 1.90. The van der Waals surface area contributed by atoms with Gasteiger partial charge in [0.05, 0.1) is 18.7 Å². The second-order valence-electron chi connectivity index (χ2n) is 6.50. The molecule has 7 heteroatoms. The maximum absolute atomic E-state index is 13.2. The molecule has 0 atom stereocenters. The molecule has 0 radical (unpaired) electrons. The fourth-order valence-electron chi connectivity index (χ4n) is 2.66. The van der Waals surface area contributed by atoms with E-state index in [1.54, 1.807) is 13.1 Å². The third-order valence-corrected chi connectivity index (χ3v) is 5.00. The molecule has 0 unspecified atom stereocenters. The number of carbonyl (C=O) groups excluding carboxylic acids is 2. The lowest BCUT2D eigenvalue weighted by atomic mass is 10.1. The molecule has 3 aromatic rings. The molecule has 1 N–H and O–H groups in total. The molecule has 144 valence electrons. The van der Waals surface area contributed by atoms with Gasteiger partial charge in [0.25, 0.3) is 0 Å². The summed E-state index contributed by atoms with van der Waals surface area (Å²) in [7, 11) is 1.56. The maximum Gasteiger partial charge on any atom is 0.243 e. The van der Waals surface area contributed by atoms with Crippen LogP contribution >= 0.6 is 11.3 Å². The molecule has 0 saturated heterocycles. The number of nitrogens with zero attached hydrogens (tertiary/aromatic N) is 2. The van der Waals surface area contributed by atoms with Gasteiger partial charge < -0.3 is 10.2 Å². The lowest BCUT2D eigenvalue weighted by Gasteiger charge is -2.16. The zero-order valence-electron chi connectivity index (χ0n) is 15.6. The van der Waals surface area contributed by atoms with Gasteiger partial charge in [-0.1, -0.05) is 29.8 Å². The van der Waals surface area contributed by atoms with Crippen molar-refractivity contribution in [3.8, 4) is 10.6 Å². The van der Waals surface area contributed by atoms with Crippen molar-refractivity contribution < 1.29 is 14.0 Å². The fraction of sp³-hybridized carbons (Fsp3) is 0.190. The fourth-order valence-corrected chi connectivity index (χ4v) is 3.48. The number of anilines is 1. The van der Waals surface area contributed by atoms with E-state index in [1.807, 2.05) is 36.6 Å². The van der Waals surface area contributed by atoms with Crippen molar-refractivity contribution in [1.29, 1.82) is 0 Å². The number of likely N-dealkylation sites (N-methyl/N-ethyl adjacent to an activating group) is 1. The minimum atomic E-state index is -0.435. The summed E-state index contributed by atoms with van der Waals surface area (Å²) in [5.41, 5.74) is 3.19. The van der Waals surface area contributed by atoms with Crippen molar-refractivity contribution in [2.75, 3.05) is 18.9 Å². The number of nitrogens with one attached hydrogen (secondary N) is 1. The van der Waals surface area contributed by atoms with E-state index in [4.69, 9.17) is 0 Å². The molecule has 3 rings (SSSR count). The van der Waals surface area contributed by atoms with Gasteiger partial charge in [0.2, 0.25) is 11.8 Å². The Morgan fingerprint density at radius 3 is 2.71 bits per heavy atom. The second kappa shape index (κ2) is 8.75. The van der Waals surface area contributed by atoms with E-state index in [0.29, 0.717) is 11.4 Å². The average Bonchev–Trinajstić information content (AvgIpc) is 3.10. The first kappa shape index (κ1) is 19.7. The topological polar surface area (TPSA) is 62.3 Å². The highest BCUT2D eigenvalue weighted by molar-refractivity contribution is 7.13. The summed E-state index contributed by atoms with van der Waals surface area (Å²) in [5, 5.41) is 5.29. The summed E-state index contributed by atoms with van der Waals surface area (Å²) >= 11 is 1.49. The van der Waals surface area contributed by atoms with Crippen molar-refractivity contribution in [3.05, 3.63) is 71.0 Å². The molecule has 0 aliphatic rings. The molecule has 1 aromatic heterocycles. The van der Waals surface area contributed by atoms with Crippen LogP contribution in [0.1, 0.15) is 11.3 Å². The molecule has 28 heavy (non-hydrogen) atoms. The minimum Gasteiger partial charge on any atom is -0.336 e. The molecule has 0 fully saturated rings. The van der Waals surface area contributed by atoms with Crippen LogP contribution in [0, 0.1) is 12.7 Å². The molecule has 0 aliphatic carbocycles. The lowest BCUT2D eigenvalue weighted by Crippen LogP contribution is -2.35. The van der Waals surface area contributed by atoms with Gasteiger partial charge in [-0.2, -0.15) is 0 Å². The Balaban J connectivity index is 1.56. The van der Waals surface area contributed by atoms with Crippen molar-refractivity contribution in [2.24, 2.45) is 0 Å². The Kier molecular flexibility index (Phi) is 6.16. The normalized spacial score (nSPS) is 10.5. The number of rotatable bonds is 6. The highest BCUT2D eigenvalue weighted by atomic mass is 32.1. The SMILES string of the molecule is Cc1cccc(-c2nc(CC(=O)N(C)CC(=O)Nc3cccc(F)c3)cs2)c1. The summed E-state index contributed by atoms with van der Waals surface area (Å²) in [4.78, 5) is 30.3. The maximum atomic E-state index is 13.2. The number of carbonyl (C=O) groups is 2. The van der Waals surface area contributed by atoms with Gasteiger partial charge in [-0.15, -0.1) is 11.3 Å². The standard InChI is InChI=1S/C21H20FN3O2S/c1-14-5-3-6-15(9-14)21-24-18(13-28-21)11-20(27)25(2)12-19(26)23-17-8-4-7-16(22)10-17/h3-10,13H,11-12H2,1-2H3,(H,23,26). The van der Waals surface area contributed by atoms with E-state index in [-0.39, 0.29) is 24.8 Å². The van der Waals surface area contributed by atoms with Gasteiger partial charge in [0.15, 0.2) is 0 Å². The Morgan fingerprint density at radius 1 is 1.18 bits per heavy atom. The zero-order valence-corrected chi connectivity index (χ0v) is 16.4. The Morgan fingerprint density at radius 2 is 1.96 bits per heavy atom. The number of benzene rings is 2. The molecule has 5 nitrogen and oxygen atoms in total. The number of halogens is 1. The van der Waals surface area contributed by atoms with E-state index in [1.165, 1.54) is 34.4 Å². The van der Waals surface area contributed by atoms with E-state index in [0.717, 1.165) is 16.1 Å².